The van der Waals surface area contributed by atoms with Crippen LogP contribution in [-0.2, 0) is 9.52 Å². The molecule has 0 fully saturated rings. The van der Waals surface area contributed by atoms with Crippen molar-refractivity contribution in [2.75, 3.05) is 0 Å². The smallest absolute Gasteiger partial charge is 0.0355 e. The van der Waals surface area contributed by atoms with E-state index in [2.05, 4.69) is 0 Å². The molecule has 0 radical (unpaired) electrons. The zero-order valence-electron chi connectivity index (χ0n) is 11.9. The summed E-state index contributed by atoms with van der Waals surface area (Å²) in [6, 6.07) is 16.0. The molecule has 0 N–H and O–H groups in total. The Labute approximate surface area is 116 Å². The van der Waals surface area contributed by atoms with E-state index in [1.165, 1.54) is 11.1 Å². The summed E-state index contributed by atoms with van der Waals surface area (Å²) in [5.41, 5.74) is 2.37. The number of hydrogen-bond donors (Lipinski definition) is 0. The van der Waals surface area contributed by atoms with Crippen LogP contribution in [0.1, 0.15) is 25.0 Å². The number of rotatable bonds is 2. The lowest BCUT2D eigenvalue weighted by Gasteiger charge is -2.15. The molecule has 100 valence electrons. The van der Waals surface area contributed by atoms with Crippen LogP contribution in [0.15, 0.2) is 58.3 Å². The molecule has 0 unspecified atom stereocenters. The highest BCUT2D eigenvalue weighted by Gasteiger charge is 2.15. The fourth-order valence-electron chi connectivity index (χ4n) is 2.07. The highest BCUT2D eigenvalue weighted by Crippen LogP contribution is 2.24. The van der Waals surface area contributed by atoms with Crippen LogP contribution in [0.3, 0.4) is 0 Å². The van der Waals surface area contributed by atoms with E-state index >= 15 is 0 Å². The quantitative estimate of drug-likeness (QED) is 0.748. The third-order valence-corrected chi connectivity index (χ3v) is 6.30. The second-order valence-electron chi connectivity index (χ2n) is 5.09. The Balaban J connectivity index is 2.70. The van der Waals surface area contributed by atoms with Crippen molar-refractivity contribution in [3.8, 4) is 0 Å². The maximum absolute atomic E-state index is 13.5. The topological polar surface area (TPSA) is 17.1 Å². The summed E-state index contributed by atoms with van der Waals surface area (Å²) >= 11 is 0. The summed E-state index contributed by atoms with van der Waals surface area (Å²) in [5, 5.41) is 0. The van der Waals surface area contributed by atoms with Crippen LogP contribution >= 0.6 is 0 Å². The van der Waals surface area contributed by atoms with Gasteiger partial charge in [-0.3, -0.25) is 4.21 Å². The summed E-state index contributed by atoms with van der Waals surface area (Å²) < 4.78 is 13.5. The lowest BCUT2D eigenvalue weighted by Crippen LogP contribution is -2.10. The van der Waals surface area contributed by atoms with Gasteiger partial charge in [-0.25, -0.2) is 0 Å². The van der Waals surface area contributed by atoms with Gasteiger partial charge >= 0.3 is 0 Å². The molecule has 2 heteroatoms. The second kappa shape index (κ2) is 5.22. The Kier molecular flexibility index (Phi) is 3.81. The molecule has 0 aliphatic rings. The molecule has 0 heterocycles. The summed E-state index contributed by atoms with van der Waals surface area (Å²) in [4.78, 5) is 2.73. The van der Waals surface area contributed by atoms with Gasteiger partial charge < -0.3 is 0 Å². The number of aryl methyl sites for hydroxylation is 2. The molecule has 0 aromatic heterocycles. The summed E-state index contributed by atoms with van der Waals surface area (Å²) in [6.45, 7) is 7.98. The molecule has 0 saturated carbocycles. The van der Waals surface area contributed by atoms with E-state index < -0.39 is 9.52 Å². The van der Waals surface area contributed by atoms with Crippen molar-refractivity contribution in [2.24, 2.45) is 0 Å². The Morgan fingerprint density at radius 3 is 1.32 bits per heavy atom. The Hall–Kier alpha value is -1.54. The van der Waals surface area contributed by atoms with Crippen LogP contribution in [0.2, 0.25) is 0 Å². The predicted molar refractivity (Wildman–Crippen MR) is 83.4 cm³/mol. The van der Waals surface area contributed by atoms with Crippen molar-refractivity contribution in [3.63, 3.8) is 0 Å². The molecule has 2 aromatic carbocycles. The van der Waals surface area contributed by atoms with Gasteiger partial charge in [0.05, 0.1) is 0 Å². The molecule has 0 atom stereocenters. The normalized spacial score (nSPS) is 11.4. The molecular weight excluding hydrogens is 252 g/mol. The first kappa shape index (κ1) is 13.9. The van der Waals surface area contributed by atoms with Crippen molar-refractivity contribution in [1.29, 1.82) is 0 Å². The van der Waals surface area contributed by atoms with Gasteiger partial charge in [0.25, 0.3) is 0 Å². The van der Waals surface area contributed by atoms with Crippen LogP contribution in [0.4, 0.5) is 0 Å². The average molecular weight is 272 g/mol. The molecule has 2 aromatic rings. The van der Waals surface area contributed by atoms with E-state index in [1.807, 2.05) is 76.2 Å². The van der Waals surface area contributed by atoms with Gasteiger partial charge in [-0.05, 0) is 56.8 Å². The molecule has 19 heavy (non-hydrogen) atoms. The van der Waals surface area contributed by atoms with E-state index in [-0.39, 0.29) is 0 Å². The van der Waals surface area contributed by atoms with Crippen molar-refractivity contribution in [3.05, 3.63) is 59.7 Å². The molecule has 0 aliphatic carbocycles. The van der Waals surface area contributed by atoms with Crippen molar-refractivity contribution in [1.82, 2.24) is 0 Å². The zero-order valence-corrected chi connectivity index (χ0v) is 12.8. The fourth-order valence-corrected chi connectivity index (χ4v) is 4.32. The third kappa shape index (κ3) is 2.59. The maximum atomic E-state index is 13.5. The lowest BCUT2D eigenvalue weighted by molar-refractivity contribution is 0.680. The standard InChI is InChI=1S/C17H20OS/c1-13(2)19(18,16-9-5-14(3)6-10-16)17-11-7-15(4)8-12-17/h5-12H,1-4H3. The fraction of sp³-hybridized carbons (Fsp3) is 0.235. The molecule has 0 saturated heterocycles. The number of benzene rings is 2. The first-order chi connectivity index (χ1) is 8.94. The molecule has 0 amide bonds. The highest BCUT2D eigenvalue weighted by molar-refractivity contribution is 8.02. The van der Waals surface area contributed by atoms with Gasteiger partial charge in [0.15, 0.2) is 0 Å². The van der Waals surface area contributed by atoms with Crippen LogP contribution < -0.4 is 0 Å². The Morgan fingerprint density at radius 1 is 0.737 bits per heavy atom. The minimum absolute atomic E-state index is 0.891. The van der Waals surface area contributed by atoms with Gasteiger partial charge in [0, 0.05) is 19.3 Å². The minimum atomic E-state index is -2.28. The van der Waals surface area contributed by atoms with E-state index in [4.69, 9.17) is 0 Å². The molecule has 1 nitrogen and oxygen atoms in total. The van der Waals surface area contributed by atoms with Crippen LogP contribution in [-0.4, -0.2) is 9.07 Å². The average Bonchev–Trinajstić information content (AvgIpc) is 2.39. The molecular formula is C17H20OS. The van der Waals surface area contributed by atoms with Gasteiger partial charge in [-0.1, -0.05) is 35.4 Å². The van der Waals surface area contributed by atoms with E-state index in [0.717, 1.165) is 14.7 Å². The maximum Gasteiger partial charge on any atom is 0.0355 e. The Morgan fingerprint density at radius 2 is 1.05 bits per heavy atom. The van der Waals surface area contributed by atoms with Gasteiger partial charge in [-0.15, -0.1) is 0 Å². The van der Waals surface area contributed by atoms with Gasteiger partial charge in [0.2, 0.25) is 0 Å². The second-order valence-corrected chi connectivity index (χ2v) is 7.96. The van der Waals surface area contributed by atoms with E-state index in [0.29, 0.717) is 0 Å². The van der Waals surface area contributed by atoms with E-state index in [9.17, 15) is 4.21 Å². The largest absolute Gasteiger partial charge is 0.258 e. The molecule has 0 bridgehead atoms. The summed E-state index contributed by atoms with van der Waals surface area (Å²) in [7, 11) is -2.28. The monoisotopic (exact) mass is 272 g/mol. The van der Waals surface area contributed by atoms with E-state index in [1.54, 1.807) is 0 Å². The number of hydrogen-bond acceptors (Lipinski definition) is 1. The highest BCUT2D eigenvalue weighted by atomic mass is 32.2. The SMILES string of the molecule is CC(C)=S(=O)(c1ccc(C)cc1)c1ccc(C)cc1. The van der Waals surface area contributed by atoms with Crippen LogP contribution in [0.25, 0.3) is 0 Å². The van der Waals surface area contributed by atoms with Crippen molar-refractivity contribution >= 4 is 14.4 Å². The molecule has 0 spiro atoms. The minimum Gasteiger partial charge on any atom is -0.258 e. The third-order valence-electron chi connectivity index (χ3n) is 3.28. The predicted octanol–water partition coefficient (Wildman–Crippen LogP) is 4.22. The molecule has 0 aliphatic heterocycles. The Bertz CT molecular complexity index is 630. The van der Waals surface area contributed by atoms with Crippen LogP contribution in [0, 0.1) is 13.8 Å². The summed E-state index contributed by atoms with van der Waals surface area (Å²) in [5.74, 6) is 0. The van der Waals surface area contributed by atoms with Gasteiger partial charge in [0.1, 0.15) is 0 Å². The summed E-state index contributed by atoms with van der Waals surface area (Å²) in [6.07, 6.45) is 0. The van der Waals surface area contributed by atoms with Crippen molar-refractivity contribution < 1.29 is 4.21 Å². The van der Waals surface area contributed by atoms with Crippen molar-refractivity contribution in [2.45, 2.75) is 37.5 Å². The lowest BCUT2D eigenvalue weighted by atomic mass is 10.2. The first-order valence-electron chi connectivity index (χ1n) is 6.42. The first-order valence-corrected chi connectivity index (χ1v) is 7.98. The zero-order chi connectivity index (χ0) is 14.0. The van der Waals surface area contributed by atoms with Crippen LogP contribution in [0.5, 0.6) is 0 Å². The van der Waals surface area contributed by atoms with Gasteiger partial charge in [-0.2, -0.15) is 0 Å². The molecule has 2 rings (SSSR count).